The van der Waals surface area contributed by atoms with Crippen LogP contribution < -0.4 is 4.74 Å². The van der Waals surface area contributed by atoms with Crippen LogP contribution in [0.4, 0.5) is 0 Å². The van der Waals surface area contributed by atoms with Crippen LogP contribution in [0.5, 0.6) is 11.5 Å². The van der Waals surface area contributed by atoms with E-state index < -0.39 is 0 Å². The number of ether oxygens (including phenoxy) is 2. The maximum absolute atomic E-state index is 6.79. The fourth-order valence-electron chi connectivity index (χ4n) is 8.61. The van der Waals surface area contributed by atoms with Gasteiger partial charge in [-0.3, -0.25) is 9.98 Å². The van der Waals surface area contributed by atoms with Gasteiger partial charge in [-0.2, -0.15) is 6.07 Å². The minimum atomic E-state index is -0.204. The summed E-state index contributed by atoms with van der Waals surface area (Å²) < 4.78 is 15.7. The number of hydrogen-bond acceptors (Lipinski definition) is 5. The van der Waals surface area contributed by atoms with E-state index in [4.69, 9.17) is 19.5 Å². The van der Waals surface area contributed by atoms with Crippen LogP contribution in [-0.4, -0.2) is 26.5 Å². The average molecular weight is 888 g/mol. The van der Waals surface area contributed by atoms with Crippen molar-refractivity contribution < 1.29 is 30.5 Å². The van der Waals surface area contributed by atoms with Crippen molar-refractivity contribution in [1.82, 2.24) is 14.5 Å². The van der Waals surface area contributed by atoms with E-state index in [2.05, 4.69) is 119 Å². The Labute approximate surface area is 330 Å². The summed E-state index contributed by atoms with van der Waals surface area (Å²) in [6.45, 7) is 15.6. The second-order valence-corrected chi connectivity index (χ2v) is 16.5. The Morgan fingerprint density at radius 3 is 2.50 bits per heavy atom. The van der Waals surface area contributed by atoms with Gasteiger partial charge in [-0.1, -0.05) is 118 Å². The average Bonchev–Trinajstić information content (AvgIpc) is 3.80. The fraction of sp³-hybridized carbons (Fsp3) is 0.255. The maximum atomic E-state index is 6.79. The Morgan fingerprint density at radius 1 is 0.870 bits per heavy atom. The molecule has 4 aromatic carbocycles. The van der Waals surface area contributed by atoms with Crippen molar-refractivity contribution in [3.8, 4) is 28.6 Å². The molecule has 0 N–H and O–H groups in total. The van der Waals surface area contributed by atoms with Crippen molar-refractivity contribution in [2.75, 3.05) is 0 Å². The molecular weight excluding hydrogens is 848 g/mol. The van der Waals surface area contributed by atoms with Gasteiger partial charge in [0, 0.05) is 46.8 Å². The molecule has 0 saturated carbocycles. The number of rotatable bonds is 4. The number of pyridine rings is 2. The van der Waals surface area contributed by atoms with Crippen molar-refractivity contribution in [3.63, 3.8) is 0 Å². The summed E-state index contributed by atoms with van der Waals surface area (Å²) in [5.74, 6) is 2.70. The van der Waals surface area contributed by atoms with Gasteiger partial charge in [0.25, 0.3) is 0 Å². The number of hydrogen-bond donors (Lipinski definition) is 0. The molecule has 0 spiro atoms. The minimum Gasteiger partial charge on any atom is -0.514 e. The summed E-state index contributed by atoms with van der Waals surface area (Å²) in [7, 11) is 0. The first kappa shape index (κ1) is 34.7. The molecule has 0 unspecified atom stereocenters. The maximum Gasteiger partial charge on any atom is 2.00 e. The largest absolute Gasteiger partial charge is 2.00 e. The second kappa shape index (κ2) is 12.2. The molecule has 5 heterocycles. The first-order chi connectivity index (χ1) is 25.4. The van der Waals surface area contributed by atoms with E-state index in [1.165, 1.54) is 44.3 Å². The summed E-state index contributed by atoms with van der Waals surface area (Å²) in [5, 5.41) is 2.33. The summed E-state index contributed by atoms with van der Waals surface area (Å²) in [4.78, 5) is 14.8. The molecule has 0 radical (unpaired) electrons. The number of fused-ring (bicyclic) bond motifs is 8. The number of aromatic nitrogens is 3. The molecule has 0 fully saturated rings. The Morgan fingerprint density at radius 2 is 1.70 bits per heavy atom. The molecule has 0 saturated heterocycles. The van der Waals surface area contributed by atoms with E-state index in [1.807, 2.05) is 36.5 Å². The van der Waals surface area contributed by atoms with E-state index in [1.54, 1.807) is 6.20 Å². The standard InChI is InChI=1S/C47H40N4O2.Pt/c1-26-17-35-34-19-27(2)40(25-39(34)51-43(35)37(18-26)47(6,7)36-11-10-16-49-44(36)51)52-32-22-29(38-12-8-9-15-48-38)20-30(23-32)45-50-42-33-14-13-31(46(3,4)5)21-28(33)24-41(42)53-45;/h8-22,41-42H,24H2,1-7H3;/q-2;+2/t41-,42+;/m0./s1. The molecule has 1 aliphatic carbocycles. The molecule has 10 rings (SSSR count). The van der Waals surface area contributed by atoms with Crippen molar-refractivity contribution in [2.45, 2.75) is 77.9 Å². The molecule has 0 bridgehead atoms. The number of benzene rings is 4. The third-order valence-corrected chi connectivity index (χ3v) is 11.4. The zero-order valence-corrected chi connectivity index (χ0v) is 33.7. The van der Waals surface area contributed by atoms with E-state index in [9.17, 15) is 0 Å². The summed E-state index contributed by atoms with van der Waals surface area (Å²) >= 11 is 0. The van der Waals surface area contributed by atoms with Gasteiger partial charge in [0.1, 0.15) is 23.9 Å². The zero-order valence-electron chi connectivity index (χ0n) is 31.4. The molecule has 7 heteroatoms. The second-order valence-electron chi connectivity index (χ2n) is 16.5. The molecule has 3 aromatic heterocycles. The zero-order chi connectivity index (χ0) is 36.4. The van der Waals surface area contributed by atoms with E-state index in [0.717, 1.165) is 45.5 Å². The topological polar surface area (TPSA) is 61.5 Å². The van der Waals surface area contributed by atoms with Crippen molar-refractivity contribution in [2.24, 2.45) is 4.99 Å². The van der Waals surface area contributed by atoms with E-state index in [-0.39, 0.29) is 44.0 Å². The van der Waals surface area contributed by atoms with Crippen LogP contribution >= 0.6 is 0 Å². The van der Waals surface area contributed by atoms with Gasteiger partial charge in [-0.15, -0.1) is 23.1 Å². The molecule has 2 aliphatic heterocycles. The van der Waals surface area contributed by atoms with Crippen LogP contribution in [-0.2, 0) is 43.1 Å². The molecule has 270 valence electrons. The van der Waals surface area contributed by atoms with Crippen LogP contribution in [0.25, 0.3) is 38.9 Å². The number of nitrogens with zero attached hydrogens (tertiary/aromatic N) is 4. The van der Waals surface area contributed by atoms with Crippen molar-refractivity contribution in [1.29, 1.82) is 0 Å². The third-order valence-electron chi connectivity index (χ3n) is 11.4. The first-order valence-electron chi connectivity index (χ1n) is 18.5. The Hall–Kier alpha value is -5.06. The van der Waals surface area contributed by atoms with E-state index >= 15 is 0 Å². The van der Waals surface area contributed by atoms with Gasteiger partial charge in [0.2, 0.25) is 0 Å². The van der Waals surface area contributed by atoms with Gasteiger partial charge >= 0.3 is 21.1 Å². The molecular formula is C47H40N4O2Pt. The van der Waals surface area contributed by atoms with E-state index in [0.29, 0.717) is 17.4 Å². The van der Waals surface area contributed by atoms with Crippen LogP contribution in [0, 0.1) is 26.0 Å². The van der Waals surface area contributed by atoms with Crippen molar-refractivity contribution in [3.05, 3.63) is 148 Å². The third kappa shape index (κ3) is 5.28. The monoisotopic (exact) mass is 887 g/mol. The molecule has 0 amide bonds. The van der Waals surface area contributed by atoms with Gasteiger partial charge < -0.3 is 14.0 Å². The summed E-state index contributed by atoms with van der Waals surface area (Å²) in [5.41, 5.74) is 13.1. The van der Waals surface area contributed by atoms with Gasteiger partial charge in [-0.05, 0) is 58.2 Å². The van der Waals surface area contributed by atoms with Crippen LogP contribution in [0.1, 0.15) is 85.2 Å². The molecule has 54 heavy (non-hydrogen) atoms. The van der Waals surface area contributed by atoms with Crippen molar-refractivity contribution >= 4 is 27.7 Å². The molecule has 3 aliphatic rings. The Kier molecular flexibility index (Phi) is 7.86. The molecule has 6 nitrogen and oxygen atoms in total. The number of aliphatic imine (C=N–C) groups is 1. The van der Waals surface area contributed by atoms with Gasteiger partial charge in [0.15, 0.2) is 0 Å². The van der Waals surface area contributed by atoms with Crippen LogP contribution in [0.2, 0.25) is 0 Å². The van der Waals surface area contributed by atoms with Crippen LogP contribution in [0.15, 0.2) is 96.2 Å². The molecule has 7 aromatic rings. The Balaban J connectivity index is 0.00000384. The minimum absolute atomic E-state index is 0. The summed E-state index contributed by atoms with van der Waals surface area (Å²) in [6.07, 6.45) is 4.47. The quantitative estimate of drug-likeness (QED) is 0.165. The molecule has 2 atom stereocenters. The summed E-state index contributed by atoms with van der Waals surface area (Å²) in [6, 6.07) is 35.0. The SMILES string of the molecule is Cc1cc2c3c(c1)c1cc(C)c(Oc4[c-]c(C5=N[C@@H]6c7ccc(C(C)(C)C)cc7C[C@@H]6O5)cc(-c5ccccn5)c4)[c-]c1n3-c1ncccc1C2(C)C.[Pt+2]. The first-order valence-corrected chi connectivity index (χ1v) is 18.5. The Bertz CT molecular complexity index is 2700. The smallest absolute Gasteiger partial charge is 0.514 e. The van der Waals surface area contributed by atoms with Gasteiger partial charge in [0.05, 0.1) is 5.69 Å². The fourth-order valence-corrected chi connectivity index (χ4v) is 8.61. The van der Waals surface area contributed by atoms with Gasteiger partial charge in [-0.25, -0.2) is 4.98 Å². The predicted octanol–water partition coefficient (Wildman–Crippen LogP) is 10.6. The predicted molar refractivity (Wildman–Crippen MR) is 211 cm³/mol. The normalized spacial score (nSPS) is 17.7. The number of aryl methyl sites for hydroxylation is 2. The van der Waals surface area contributed by atoms with Crippen LogP contribution in [0.3, 0.4) is 0 Å².